The predicted octanol–water partition coefficient (Wildman–Crippen LogP) is 3.16. The third-order valence-corrected chi connectivity index (χ3v) is 4.87. The Hall–Kier alpha value is -3.15. The molecule has 3 rings (SSSR count). The van der Waals surface area contributed by atoms with Crippen LogP contribution in [0.4, 0.5) is 5.69 Å². The van der Waals surface area contributed by atoms with Gasteiger partial charge in [0.2, 0.25) is 0 Å². The Labute approximate surface area is 173 Å². The van der Waals surface area contributed by atoms with Gasteiger partial charge in [0.05, 0.1) is 13.7 Å². The molecule has 1 aliphatic heterocycles. The first kappa shape index (κ1) is 20.6. The Bertz CT molecular complexity index is 825. The van der Waals surface area contributed by atoms with E-state index in [0.29, 0.717) is 6.61 Å². The lowest BCUT2D eigenvalue weighted by Gasteiger charge is -2.23. The average molecular weight is 395 g/mol. The summed E-state index contributed by atoms with van der Waals surface area (Å²) in [6.07, 6.45) is 4.41. The van der Waals surface area contributed by atoms with E-state index in [9.17, 15) is 0 Å². The van der Waals surface area contributed by atoms with Gasteiger partial charge in [0.1, 0.15) is 18.1 Å². The Kier molecular flexibility index (Phi) is 7.39. The molecule has 154 valence electrons. The first-order valence-electron chi connectivity index (χ1n) is 9.87. The molecule has 0 atom stereocenters. The van der Waals surface area contributed by atoms with Crippen LogP contribution in [0.1, 0.15) is 5.56 Å². The smallest absolute Gasteiger partial charge is 0.193 e. The van der Waals surface area contributed by atoms with E-state index in [1.807, 2.05) is 31.3 Å². The summed E-state index contributed by atoms with van der Waals surface area (Å²) in [6, 6.07) is 16.3. The number of benzene rings is 2. The summed E-state index contributed by atoms with van der Waals surface area (Å²) in [5.41, 5.74) is 2.49. The molecule has 0 unspecified atom stereocenters. The molecular weight excluding hydrogens is 364 g/mol. The monoisotopic (exact) mass is 394 g/mol. The van der Waals surface area contributed by atoms with E-state index in [2.05, 4.69) is 56.5 Å². The SMILES string of the molecule is CN=C(NCc1cccc(N2CC=CC2)c1)N(C)CCOc1ccc(OC)cc1. The van der Waals surface area contributed by atoms with Gasteiger partial charge in [-0.15, -0.1) is 0 Å². The molecule has 0 aliphatic carbocycles. The summed E-state index contributed by atoms with van der Waals surface area (Å²) in [6.45, 7) is 3.99. The highest BCUT2D eigenvalue weighted by atomic mass is 16.5. The summed E-state index contributed by atoms with van der Waals surface area (Å²) >= 11 is 0. The second kappa shape index (κ2) is 10.4. The van der Waals surface area contributed by atoms with E-state index >= 15 is 0 Å². The molecule has 0 bridgehead atoms. The first-order chi connectivity index (χ1) is 14.2. The van der Waals surface area contributed by atoms with Crippen LogP contribution in [0.25, 0.3) is 0 Å². The number of rotatable bonds is 8. The molecular formula is C23H30N4O2. The van der Waals surface area contributed by atoms with Crippen molar-refractivity contribution in [2.24, 2.45) is 4.99 Å². The highest BCUT2D eigenvalue weighted by Crippen LogP contribution is 2.19. The molecule has 0 saturated carbocycles. The number of hydrogen-bond donors (Lipinski definition) is 1. The third-order valence-electron chi connectivity index (χ3n) is 4.87. The Balaban J connectivity index is 1.46. The lowest BCUT2D eigenvalue weighted by Crippen LogP contribution is -2.40. The van der Waals surface area contributed by atoms with Crippen LogP contribution in [0, 0.1) is 0 Å². The van der Waals surface area contributed by atoms with Gasteiger partial charge in [0.25, 0.3) is 0 Å². The van der Waals surface area contributed by atoms with Crippen LogP contribution in [-0.4, -0.2) is 58.3 Å². The van der Waals surface area contributed by atoms with E-state index in [-0.39, 0.29) is 0 Å². The van der Waals surface area contributed by atoms with Gasteiger partial charge in [-0.25, -0.2) is 0 Å². The molecule has 29 heavy (non-hydrogen) atoms. The number of ether oxygens (including phenoxy) is 2. The van der Waals surface area contributed by atoms with Crippen molar-refractivity contribution in [1.29, 1.82) is 0 Å². The molecule has 0 radical (unpaired) electrons. The predicted molar refractivity (Wildman–Crippen MR) is 119 cm³/mol. The van der Waals surface area contributed by atoms with Crippen molar-refractivity contribution in [3.05, 3.63) is 66.2 Å². The van der Waals surface area contributed by atoms with Gasteiger partial charge in [-0.2, -0.15) is 0 Å². The molecule has 2 aromatic carbocycles. The Morgan fingerprint density at radius 2 is 1.83 bits per heavy atom. The maximum atomic E-state index is 5.81. The molecule has 0 amide bonds. The van der Waals surface area contributed by atoms with E-state index in [1.54, 1.807) is 14.2 Å². The summed E-state index contributed by atoms with van der Waals surface area (Å²) in [5.74, 6) is 2.50. The van der Waals surface area contributed by atoms with Crippen LogP contribution in [-0.2, 0) is 6.54 Å². The van der Waals surface area contributed by atoms with Crippen molar-refractivity contribution in [2.75, 3.05) is 52.3 Å². The van der Waals surface area contributed by atoms with Crippen LogP contribution < -0.4 is 19.7 Å². The highest BCUT2D eigenvalue weighted by molar-refractivity contribution is 5.79. The molecule has 6 heteroatoms. The summed E-state index contributed by atoms with van der Waals surface area (Å²) in [4.78, 5) is 8.81. The van der Waals surface area contributed by atoms with Crippen molar-refractivity contribution < 1.29 is 9.47 Å². The molecule has 2 aromatic rings. The lowest BCUT2D eigenvalue weighted by molar-refractivity contribution is 0.281. The first-order valence-corrected chi connectivity index (χ1v) is 9.87. The Morgan fingerprint density at radius 3 is 2.52 bits per heavy atom. The summed E-state index contributed by atoms with van der Waals surface area (Å²) < 4.78 is 11.0. The topological polar surface area (TPSA) is 49.3 Å². The van der Waals surface area contributed by atoms with Gasteiger partial charge in [0, 0.05) is 39.4 Å². The minimum absolute atomic E-state index is 0.570. The minimum Gasteiger partial charge on any atom is -0.497 e. The largest absolute Gasteiger partial charge is 0.497 e. The second-order valence-electron chi connectivity index (χ2n) is 6.89. The molecule has 1 N–H and O–H groups in total. The van der Waals surface area contributed by atoms with Crippen LogP contribution in [0.3, 0.4) is 0 Å². The number of nitrogens with one attached hydrogen (secondary N) is 1. The number of guanidine groups is 1. The zero-order valence-corrected chi connectivity index (χ0v) is 17.5. The number of anilines is 1. The molecule has 0 aromatic heterocycles. The third kappa shape index (κ3) is 5.91. The number of nitrogens with zero attached hydrogens (tertiary/aromatic N) is 3. The number of likely N-dealkylation sites (N-methyl/N-ethyl adjacent to an activating group) is 1. The van der Waals surface area contributed by atoms with Crippen LogP contribution in [0.15, 0.2) is 65.7 Å². The molecule has 0 spiro atoms. The van der Waals surface area contributed by atoms with Crippen LogP contribution in [0.5, 0.6) is 11.5 Å². The standard InChI is InChI=1S/C23H30N4O2/c1-24-23(26(2)15-16-29-22-11-9-21(28-3)10-12-22)25-18-19-7-6-8-20(17-19)27-13-4-5-14-27/h4-12,17H,13-16,18H2,1-3H3,(H,24,25). The molecule has 6 nitrogen and oxygen atoms in total. The fourth-order valence-corrected chi connectivity index (χ4v) is 3.20. The van der Waals surface area contributed by atoms with E-state index in [1.165, 1.54) is 11.3 Å². The van der Waals surface area contributed by atoms with Crippen LogP contribution >= 0.6 is 0 Å². The van der Waals surface area contributed by atoms with E-state index < -0.39 is 0 Å². The van der Waals surface area contributed by atoms with Crippen molar-refractivity contribution >= 4 is 11.6 Å². The summed E-state index contributed by atoms with van der Waals surface area (Å²) in [5, 5.41) is 3.44. The van der Waals surface area contributed by atoms with Gasteiger partial charge < -0.3 is 24.6 Å². The normalized spacial score (nSPS) is 13.5. The van der Waals surface area contributed by atoms with E-state index in [4.69, 9.17) is 9.47 Å². The van der Waals surface area contributed by atoms with Crippen molar-refractivity contribution in [1.82, 2.24) is 10.2 Å². The van der Waals surface area contributed by atoms with Gasteiger partial charge >= 0.3 is 0 Å². The fourth-order valence-electron chi connectivity index (χ4n) is 3.20. The van der Waals surface area contributed by atoms with Crippen molar-refractivity contribution in [3.63, 3.8) is 0 Å². The van der Waals surface area contributed by atoms with Crippen LogP contribution in [0.2, 0.25) is 0 Å². The summed E-state index contributed by atoms with van der Waals surface area (Å²) in [7, 11) is 5.47. The zero-order chi connectivity index (χ0) is 20.5. The maximum Gasteiger partial charge on any atom is 0.193 e. The zero-order valence-electron chi connectivity index (χ0n) is 17.5. The van der Waals surface area contributed by atoms with Crippen molar-refractivity contribution in [3.8, 4) is 11.5 Å². The van der Waals surface area contributed by atoms with Gasteiger partial charge in [-0.3, -0.25) is 4.99 Å². The molecule has 0 saturated heterocycles. The van der Waals surface area contributed by atoms with Gasteiger partial charge in [0.15, 0.2) is 5.96 Å². The molecule has 1 heterocycles. The van der Waals surface area contributed by atoms with Crippen molar-refractivity contribution in [2.45, 2.75) is 6.54 Å². The minimum atomic E-state index is 0.570. The maximum absolute atomic E-state index is 5.81. The highest BCUT2D eigenvalue weighted by Gasteiger charge is 2.09. The van der Waals surface area contributed by atoms with Gasteiger partial charge in [-0.05, 0) is 42.0 Å². The fraction of sp³-hybridized carbons (Fsp3) is 0.348. The quantitative estimate of drug-likeness (QED) is 0.423. The van der Waals surface area contributed by atoms with E-state index in [0.717, 1.165) is 43.6 Å². The molecule has 1 aliphatic rings. The number of hydrogen-bond acceptors (Lipinski definition) is 4. The molecule has 0 fully saturated rings. The number of methoxy groups -OCH3 is 1. The average Bonchev–Trinajstić information content (AvgIpc) is 3.30. The Morgan fingerprint density at radius 1 is 1.10 bits per heavy atom. The van der Waals surface area contributed by atoms with Gasteiger partial charge in [-0.1, -0.05) is 24.3 Å². The number of aliphatic imine (C=N–C) groups is 1. The lowest BCUT2D eigenvalue weighted by atomic mass is 10.2. The second-order valence-corrected chi connectivity index (χ2v) is 6.89.